The van der Waals surface area contributed by atoms with Crippen molar-refractivity contribution < 1.29 is 4.79 Å². The molecule has 0 fully saturated rings. The van der Waals surface area contributed by atoms with Crippen LogP contribution in [0.25, 0.3) is 5.69 Å². The fraction of sp³-hybridized carbons (Fsp3) is 0.167. The lowest BCUT2D eigenvalue weighted by atomic mass is 10.2. The summed E-state index contributed by atoms with van der Waals surface area (Å²) in [6.07, 6.45) is 0. The number of carbonyl (C=O) groups is 1. The molecule has 2 aromatic carbocycles. The molecule has 0 saturated heterocycles. The minimum absolute atomic E-state index is 0.121. The number of aromatic nitrogens is 3. The first-order valence-corrected chi connectivity index (χ1v) is 9.07. The van der Waals surface area contributed by atoms with Crippen LogP contribution in [0.15, 0.2) is 53.7 Å². The second-order valence-corrected chi connectivity index (χ2v) is 6.88. The highest BCUT2D eigenvalue weighted by Crippen LogP contribution is 2.24. The van der Waals surface area contributed by atoms with Crippen molar-refractivity contribution in [2.75, 3.05) is 11.1 Å². The van der Waals surface area contributed by atoms with Gasteiger partial charge in [-0.15, -0.1) is 10.2 Å². The number of hydrogen-bond acceptors (Lipinski definition) is 4. The van der Waals surface area contributed by atoms with Gasteiger partial charge in [-0.05, 0) is 43.7 Å². The van der Waals surface area contributed by atoms with E-state index in [2.05, 4.69) is 15.5 Å². The van der Waals surface area contributed by atoms with Crippen LogP contribution in [0.4, 0.5) is 5.69 Å². The van der Waals surface area contributed by atoms with Gasteiger partial charge in [0.25, 0.3) is 0 Å². The van der Waals surface area contributed by atoms with Crippen molar-refractivity contribution in [2.45, 2.75) is 19.0 Å². The molecule has 0 bridgehead atoms. The Morgan fingerprint density at radius 1 is 1.16 bits per heavy atom. The van der Waals surface area contributed by atoms with E-state index in [4.69, 9.17) is 11.6 Å². The lowest BCUT2D eigenvalue weighted by molar-refractivity contribution is -0.113. The molecule has 25 heavy (non-hydrogen) atoms. The SMILES string of the molecule is Cc1ccccc1-n1c(C)nnc1SCC(=O)Nc1cccc(Cl)c1. The summed E-state index contributed by atoms with van der Waals surface area (Å²) >= 11 is 7.28. The average molecular weight is 373 g/mol. The number of thioether (sulfide) groups is 1. The van der Waals surface area contributed by atoms with Crippen molar-refractivity contribution >= 4 is 35.0 Å². The molecule has 1 amide bonds. The molecule has 0 atom stereocenters. The number of rotatable bonds is 5. The molecular weight excluding hydrogens is 356 g/mol. The number of para-hydroxylation sites is 1. The average Bonchev–Trinajstić information content (AvgIpc) is 2.94. The smallest absolute Gasteiger partial charge is 0.234 e. The molecule has 1 aromatic heterocycles. The molecule has 5 nitrogen and oxygen atoms in total. The Morgan fingerprint density at radius 2 is 1.96 bits per heavy atom. The van der Waals surface area contributed by atoms with Crippen LogP contribution in [0.3, 0.4) is 0 Å². The molecule has 128 valence electrons. The number of nitrogens with zero attached hydrogens (tertiary/aromatic N) is 3. The summed E-state index contributed by atoms with van der Waals surface area (Å²) in [6, 6.07) is 15.1. The number of amides is 1. The zero-order chi connectivity index (χ0) is 17.8. The van der Waals surface area contributed by atoms with E-state index in [1.807, 2.05) is 42.7 Å². The van der Waals surface area contributed by atoms with Gasteiger partial charge in [-0.2, -0.15) is 0 Å². The number of nitrogens with one attached hydrogen (secondary N) is 1. The van der Waals surface area contributed by atoms with Gasteiger partial charge in [0.15, 0.2) is 5.16 Å². The van der Waals surface area contributed by atoms with Crippen LogP contribution in [0.5, 0.6) is 0 Å². The second-order valence-electron chi connectivity index (χ2n) is 5.50. The Kier molecular flexibility index (Phi) is 5.40. The highest BCUT2D eigenvalue weighted by molar-refractivity contribution is 7.99. The molecule has 0 spiro atoms. The highest BCUT2D eigenvalue weighted by atomic mass is 35.5. The third-order valence-corrected chi connectivity index (χ3v) is 4.76. The number of halogens is 1. The standard InChI is InChI=1S/C18H17ClN4OS/c1-12-6-3-4-9-16(12)23-13(2)21-22-18(23)25-11-17(24)20-15-8-5-7-14(19)10-15/h3-10H,11H2,1-2H3,(H,20,24). The molecule has 3 aromatic rings. The lowest BCUT2D eigenvalue weighted by Crippen LogP contribution is -2.14. The van der Waals surface area contributed by atoms with Crippen molar-refractivity contribution in [3.8, 4) is 5.69 Å². The van der Waals surface area contributed by atoms with Crippen molar-refractivity contribution in [3.63, 3.8) is 0 Å². The van der Waals surface area contributed by atoms with Crippen LogP contribution in [0.1, 0.15) is 11.4 Å². The quantitative estimate of drug-likeness (QED) is 0.679. The van der Waals surface area contributed by atoms with Gasteiger partial charge in [-0.3, -0.25) is 9.36 Å². The summed E-state index contributed by atoms with van der Waals surface area (Å²) in [6.45, 7) is 3.94. The van der Waals surface area contributed by atoms with Crippen LogP contribution in [0.2, 0.25) is 5.02 Å². The van der Waals surface area contributed by atoms with Crippen LogP contribution in [0, 0.1) is 13.8 Å². The van der Waals surface area contributed by atoms with E-state index in [0.29, 0.717) is 15.9 Å². The van der Waals surface area contributed by atoms with E-state index in [1.165, 1.54) is 11.8 Å². The summed E-state index contributed by atoms with van der Waals surface area (Å²) < 4.78 is 1.96. The summed E-state index contributed by atoms with van der Waals surface area (Å²) in [7, 11) is 0. The first-order valence-electron chi connectivity index (χ1n) is 7.71. The van der Waals surface area contributed by atoms with E-state index in [9.17, 15) is 4.79 Å². The maximum absolute atomic E-state index is 12.2. The number of aryl methyl sites for hydroxylation is 2. The molecule has 3 rings (SSSR count). The van der Waals surface area contributed by atoms with Crippen molar-refractivity contribution in [2.24, 2.45) is 0 Å². The molecule has 0 aliphatic heterocycles. The zero-order valence-electron chi connectivity index (χ0n) is 13.9. The van der Waals surface area contributed by atoms with Crippen LogP contribution < -0.4 is 5.32 Å². The first-order chi connectivity index (χ1) is 12.0. The van der Waals surface area contributed by atoms with E-state index in [-0.39, 0.29) is 11.7 Å². The van der Waals surface area contributed by atoms with Crippen LogP contribution in [-0.4, -0.2) is 26.4 Å². The monoisotopic (exact) mass is 372 g/mol. The van der Waals surface area contributed by atoms with Gasteiger partial charge in [0.1, 0.15) is 5.82 Å². The number of benzene rings is 2. The molecule has 1 heterocycles. The van der Waals surface area contributed by atoms with Crippen molar-refractivity contribution in [3.05, 3.63) is 64.9 Å². The molecule has 0 aliphatic carbocycles. The fourth-order valence-electron chi connectivity index (χ4n) is 2.42. The maximum atomic E-state index is 12.2. The minimum Gasteiger partial charge on any atom is -0.325 e. The Bertz CT molecular complexity index is 910. The molecule has 0 saturated carbocycles. The van der Waals surface area contributed by atoms with E-state index >= 15 is 0 Å². The van der Waals surface area contributed by atoms with Gasteiger partial charge in [-0.25, -0.2) is 0 Å². The minimum atomic E-state index is -0.121. The maximum Gasteiger partial charge on any atom is 0.234 e. The molecule has 0 unspecified atom stereocenters. The Morgan fingerprint density at radius 3 is 2.72 bits per heavy atom. The van der Waals surface area contributed by atoms with Gasteiger partial charge in [0.05, 0.1) is 11.4 Å². The van der Waals surface area contributed by atoms with Gasteiger partial charge in [-0.1, -0.05) is 47.6 Å². The lowest BCUT2D eigenvalue weighted by Gasteiger charge is -2.11. The summed E-state index contributed by atoms with van der Waals surface area (Å²) in [4.78, 5) is 12.2. The molecule has 7 heteroatoms. The highest BCUT2D eigenvalue weighted by Gasteiger charge is 2.14. The van der Waals surface area contributed by atoms with Gasteiger partial charge in [0, 0.05) is 10.7 Å². The van der Waals surface area contributed by atoms with Crippen molar-refractivity contribution in [1.29, 1.82) is 0 Å². The predicted octanol–water partition coefficient (Wildman–Crippen LogP) is 4.27. The summed E-state index contributed by atoms with van der Waals surface area (Å²) in [5.41, 5.74) is 2.81. The van der Waals surface area contributed by atoms with Gasteiger partial charge < -0.3 is 5.32 Å². The van der Waals surface area contributed by atoms with Gasteiger partial charge >= 0.3 is 0 Å². The Hall–Kier alpha value is -2.31. The topological polar surface area (TPSA) is 59.8 Å². The molecule has 0 aliphatic rings. The second kappa shape index (κ2) is 7.72. The van der Waals surface area contributed by atoms with Gasteiger partial charge in [0.2, 0.25) is 5.91 Å². The Balaban J connectivity index is 1.72. The third-order valence-electron chi connectivity index (χ3n) is 3.59. The molecule has 1 N–H and O–H groups in total. The van der Waals surface area contributed by atoms with E-state index in [0.717, 1.165) is 17.1 Å². The van der Waals surface area contributed by atoms with E-state index in [1.54, 1.807) is 24.3 Å². The molecule has 0 radical (unpaired) electrons. The largest absolute Gasteiger partial charge is 0.325 e. The van der Waals surface area contributed by atoms with Crippen molar-refractivity contribution in [1.82, 2.24) is 14.8 Å². The first kappa shape index (κ1) is 17.5. The number of carbonyl (C=O) groups excluding carboxylic acids is 1. The summed E-state index contributed by atoms with van der Waals surface area (Å²) in [5, 5.41) is 12.5. The number of anilines is 1. The van der Waals surface area contributed by atoms with E-state index < -0.39 is 0 Å². The third kappa shape index (κ3) is 4.21. The van der Waals surface area contributed by atoms with Crippen LogP contribution >= 0.6 is 23.4 Å². The summed E-state index contributed by atoms with van der Waals surface area (Å²) in [5.74, 6) is 0.896. The van der Waals surface area contributed by atoms with Crippen LogP contribution in [-0.2, 0) is 4.79 Å². The zero-order valence-corrected chi connectivity index (χ0v) is 15.4. The Labute approximate surface area is 155 Å². The molecular formula is C18H17ClN4OS. The fourth-order valence-corrected chi connectivity index (χ4v) is 3.40. The predicted molar refractivity (Wildman–Crippen MR) is 102 cm³/mol. The normalized spacial score (nSPS) is 10.7. The number of hydrogen-bond donors (Lipinski definition) is 1.